The van der Waals surface area contributed by atoms with Gasteiger partial charge in [0.25, 0.3) is 5.91 Å². The van der Waals surface area contributed by atoms with E-state index in [1.54, 1.807) is 17.8 Å². The summed E-state index contributed by atoms with van der Waals surface area (Å²) in [6.07, 6.45) is 0. The Balaban J connectivity index is 1.79. The Morgan fingerprint density at radius 1 is 1.29 bits per heavy atom. The van der Waals surface area contributed by atoms with Gasteiger partial charge in [0.2, 0.25) is 5.13 Å². The zero-order valence-electron chi connectivity index (χ0n) is 11.6. The predicted octanol–water partition coefficient (Wildman–Crippen LogP) is 2.50. The van der Waals surface area contributed by atoms with E-state index in [-0.39, 0.29) is 5.91 Å². The molecule has 2 aromatic heterocycles. The van der Waals surface area contributed by atoms with Gasteiger partial charge in [0.05, 0.1) is 5.69 Å². The molecular weight excluding hydrogens is 286 g/mol. The summed E-state index contributed by atoms with van der Waals surface area (Å²) in [6.45, 7) is 1.84. The van der Waals surface area contributed by atoms with Crippen LogP contribution >= 0.6 is 11.5 Å². The summed E-state index contributed by atoms with van der Waals surface area (Å²) in [5, 5.41) is 7.37. The molecule has 2 heterocycles. The predicted molar refractivity (Wildman–Crippen MR) is 81.2 cm³/mol. The molecule has 1 N–H and O–H groups in total. The molecule has 3 aromatic rings. The SMILES string of the molecule is Cc1cc(C(=O)Nc2nc(-c3ccccc3)ns2)n(C)n1. The van der Waals surface area contributed by atoms with Gasteiger partial charge in [0.15, 0.2) is 5.82 Å². The number of carbonyl (C=O) groups is 1. The molecule has 0 atom stereocenters. The van der Waals surface area contributed by atoms with E-state index in [0.717, 1.165) is 22.8 Å². The second-order valence-electron chi connectivity index (χ2n) is 4.54. The van der Waals surface area contributed by atoms with Crippen molar-refractivity contribution in [3.8, 4) is 11.4 Å². The van der Waals surface area contributed by atoms with E-state index in [2.05, 4.69) is 19.8 Å². The quantitative estimate of drug-likeness (QED) is 0.806. The standard InChI is InChI=1S/C14H13N5OS/c1-9-8-11(19(2)17-9)13(20)16-14-15-12(18-21-14)10-6-4-3-5-7-10/h3-8H,1-2H3,(H,15,16,18,20). The van der Waals surface area contributed by atoms with Crippen LogP contribution in [-0.2, 0) is 7.05 Å². The van der Waals surface area contributed by atoms with E-state index in [9.17, 15) is 4.79 Å². The van der Waals surface area contributed by atoms with Crippen LogP contribution in [0.15, 0.2) is 36.4 Å². The van der Waals surface area contributed by atoms with Crippen molar-refractivity contribution in [1.29, 1.82) is 0 Å². The molecule has 1 amide bonds. The summed E-state index contributed by atoms with van der Waals surface area (Å²) >= 11 is 1.16. The van der Waals surface area contributed by atoms with Gasteiger partial charge in [-0.2, -0.15) is 14.5 Å². The van der Waals surface area contributed by atoms with Crippen LogP contribution in [0.25, 0.3) is 11.4 Å². The van der Waals surface area contributed by atoms with Crippen LogP contribution in [-0.4, -0.2) is 25.0 Å². The lowest BCUT2D eigenvalue weighted by Gasteiger charge is -2.00. The number of aryl methyl sites for hydroxylation is 2. The number of amides is 1. The van der Waals surface area contributed by atoms with E-state index < -0.39 is 0 Å². The Morgan fingerprint density at radius 2 is 2.05 bits per heavy atom. The maximum absolute atomic E-state index is 12.2. The second-order valence-corrected chi connectivity index (χ2v) is 5.29. The van der Waals surface area contributed by atoms with Crippen LogP contribution in [0.1, 0.15) is 16.2 Å². The van der Waals surface area contributed by atoms with Gasteiger partial charge in [-0.1, -0.05) is 30.3 Å². The summed E-state index contributed by atoms with van der Waals surface area (Å²) in [5.74, 6) is 0.367. The molecule has 3 rings (SSSR count). The van der Waals surface area contributed by atoms with E-state index in [1.165, 1.54) is 0 Å². The van der Waals surface area contributed by atoms with Crippen LogP contribution < -0.4 is 5.32 Å². The number of aromatic nitrogens is 4. The van der Waals surface area contributed by atoms with Gasteiger partial charge in [0, 0.05) is 24.1 Å². The number of nitrogens with zero attached hydrogens (tertiary/aromatic N) is 4. The first kappa shape index (κ1) is 13.4. The molecule has 0 aliphatic heterocycles. The molecule has 0 fully saturated rings. The minimum absolute atomic E-state index is 0.242. The highest BCUT2D eigenvalue weighted by Gasteiger charge is 2.14. The molecule has 0 aliphatic rings. The molecule has 0 saturated heterocycles. The van der Waals surface area contributed by atoms with Crippen LogP contribution in [0.5, 0.6) is 0 Å². The Hall–Kier alpha value is -2.54. The minimum atomic E-state index is -0.242. The summed E-state index contributed by atoms with van der Waals surface area (Å²) in [5.41, 5.74) is 2.21. The smallest absolute Gasteiger partial charge is 0.275 e. The maximum Gasteiger partial charge on any atom is 0.275 e. The highest BCUT2D eigenvalue weighted by molar-refractivity contribution is 7.10. The molecule has 7 heteroatoms. The fourth-order valence-electron chi connectivity index (χ4n) is 1.96. The lowest BCUT2D eigenvalue weighted by molar-refractivity contribution is 0.101. The highest BCUT2D eigenvalue weighted by atomic mass is 32.1. The molecule has 21 heavy (non-hydrogen) atoms. The van der Waals surface area contributed by atoms with Crippen molar-refractivity contribution in [1.82, 2.24) is 19.1 Å². The number of hydrogen-bond donors (Lipinski definition) is 1. The molecule has 0 radical (unpaired) electrons. The Bertz CT molecular complexity index is 778. The lowest BCUT2D eigenvalue weighted by atomic mass is 10.2. The molecule has 106 valence electrons. The average Bonchev–Trinajstić information content (AvgIpc) is 3.06. The average molecular weight is 299 g/mol. The molecular formula is C14H13N5OS. The van der Waals surface area contributed by atoms with Gasteiger partial charge in [-0.15, -0.1) is 0 Å². The fraction of sp³-hybridized carbons (Fsp3) is 0.143. The van der Waals surface area contributed by atoms with Gasteiger partial charge < -0.3 is 0 Å². The first-order valence-corrected chi connectivity index (χ1v) is 7.12. The molecule has 0 bridgehead atoms. The van der Waals surface area contributed by atoms with Crippen LogP contribution in [0, 0.1) is 6.92 Å². The van der Waals surface area contributed by atoms with Crippen molar-refractivity contribution < 1.29 is 4.79 Å². The molecule has 6 nitrogen and oxygen atoms in total. The van der Waals surface area contributed by atoms with Gasteiger partial charge in [-0.05, 0) is 13.0 Å². The van der Waals surface area contributed by atoms with E-state index in [1.807, 2.05) is 37.3 Å². The highest BCUT2D eigenvalue weighted by Crippen LogP contribution is 2.21. The van der Waals surface area contributed by atoms with Crippen molar-refractivity contribution in [2.24, 2.45) is 7.05 Å². The maximum atomic E-state index is 12.2. The summed E-state index contributed by atoms with van der Waals surface area (Å²) in [7, 11) is 1.73. The van der Waals surface area contributed by atoms with Crippen molar-refractivity contribution >= 4 is 22.6 Å². The molecule has 0 aliphatic carbocycles. The van der Waals surface area contributed by atoms with Crippen molar-refractivity contribution in [2.45, 2.75) is 6.92 Å². The van der Waals surface area contributed by atoms with Crippen molar-refractivity contribution in [3.05, 3.63) is 47.8 Å². The van der Waals surface area contributed by atoms with Gasteiger partial charge in [-0.3, -0.25) is 14.8 Å². The topological polar surface area (TPSA) is 72.7 Å². The molecule has 0 unspecified atom stereocenters. The van der Waals surface area contributed by atoms with E-state index in [4.69, 9.17) is 0 Å². The third kappa shape index (κ3) is 2.82. The Labute approximate surface area is 125 Å². The van der Waals surface area contributed by atoms with Crippen LogP contribution in [0.4, 0.5) is 5.13 Å². The van der Waals surface area contributed by atoms with Gasteiger partial charge in [0.1, 0.15) is 5.69 Å². The molecule has 0 spiro atoms. The van der Waals surface area contributed by atoms with Crippen molar-refractivity contribution in [3.63, 3.8) is 0 Å². The lowest BCUT2D eigenvalue weighted by Crippen LogP contribution is -2.15. The molecule has 0 saturated carbocycles. The summed E-state index contributed by atoms with van der Waals surface area (Å²) in [4.78, 5) is 16.5. The minimum Gasteiger partial charge on any atom is -0.295 e. The second kappa shape index (κ2) is 5.45. The zero-order chi connectivity index (χ0) is 14.8. The monoisotopic (exact) mass is 299 g/mol. The normalized spacial score (nSPS) is 10.6. The fourth-order valence-corrected chi connectivity index (χ4v) is 2.55. The number of benzene rings is 1. The number of anilines is 1. The number of hydrogen-bond acceptors (Lipinski definition) is 5. The largest absolute Gasteiger partial charge is 0.295 e. The Kier molecular flexibility index (Phi) is 3.49. The number of rotatable bonds is 3. The van der Waals surface area contributed by atoms with E-state index >= 15 is 0 Å². The Morgan fingerprint density at radius 3 is 2.71 bits per heavy atom. The third-order valence-electron chi connectivity index (χ3n) is 2.91. The first-order chi connectivity index (χ1) is 10.1. The van der Waals surface area contributed by atoms with Gasteiger partial charge in [-0.25, -0.2) is 0 Å². The summed E-state index contributed by atoms with van der Waals surface area (Å²) in [6, 6.07) is 11.4. The van der Waals surface area contributed by atoms with Crippen molar-refractivity contribution in [2.75, 3.05) is 5.32 Å². The number of nitrogens with one attached hydrogen (secondary N) is 1. The summed E-state index contributed by atoms with van der Waals surface area (Å²) < 4.78 is 5.80. The number of carbonyl (C=O) groups excluding carboxylic acids is 1. The molecule has 1 aromatic carbocycles. The van der Waals surface area contributed by atoms with Crippen LogP contribution in [0.2, 0.25) is 0 Å². The first-order valence-electron chi connectivity index (χ1n) is 6.34. The van der Waals surface area contributed by atoms with Crippen LogP contribution in [0.3, 0.4) is 0 Å². The third-order valence-corrected chi connectivity index (χ3v) is 3.54. The zero-order valence-corrected chi connectivity index (χ0v) is 12.4. The van der Waals surface area contributed by atoms with E-state index in [0.29, 0.717) is 16.6 Å². The van der Waals surface area contributed by atoms with Gasteiger partial charge >= 0.3 is 0 Å².